The number of fused-ring (bicyclic) bond motifs is 1. The number of benzene rings is 2. The van der Waals surface area contributed by atoms with Crippen LogP contribution in [0.4, 0.5) is 5.69 Å². The van der Waals surface area contributed by atoms with Gasteiger partial charge in [-0.25, -0.2) is 4.98 Å². The number of carbonyl (C=O) groups is 2. The molecule has 2 N–H and O–H groups in total. The van der Waals surface area contributed by atoms with Crippen molar-refractivity contribution in [2.24, 2.45) is 0 Å². The van der Waals surface area contributed by atoms with E-state index in [2.05, 4.69) is 31.5 Å². The number of anilines is 1. The predicted molar refractivity (Wildman–Crippen MR) is 114 cm³/mol. The van der Waals surface area contributed by atoms with Crippen molar-refractivity contribution in [3.05, 3.63) is 52.5 Å². The molecule has 1 aliphatic carbocycles. The van der Waals surface area contributed by atoms with Crippen molar-refractivity contribution in [2.75, 3.05) is 11.1 Å². The van der Waals surface area contributed by atoms with Crippen LogP contribution in [-0.2, 0) is 4.79 Å². The van der Waals surface area contributed by atoms with Gasteiger partial charge in [0.1, 0.15) is 0 Å². The van der Waals surface area contributed by atoms with E-state index in [-0.39, 0.29) is 11.8 Å². The van der Waals surface area contributed by atoms with Gasteiger partial charge in [-0.3, -0.25) is 9.59 Å². The van der Waals surface area contributed by atoms with Crippen LogP contribution >= 0.6 is 39.0 Å². The summed E-state index contributed by atoms with van der Waals surface area (Å²) in [6, 6.07) is 13.3. The number of rotatable bonds is 6. The molecule has 1 fully saturated rings. The minimum absolute atomic E-state index is 0.0585. The van der Waals surface area contributed by atoms with Gasteiger partial charge in [0.15, 0.2) is 4.34 Å². The Balaban J connectivity index is 1.43. The molecule has 0 unspecified atom stereocenters. The molecule has 2 amide bonds. The zero-order chi connectivity index (χ0) is 18.8. The summed E-state index contributed by atoms with van der Waals surface area (Å²) in [5.74, 6) is 0.267. The molecular formula is C19H16BrN3O2S2. The molecule has 0 saturated heterocycles. The van der Waals surface area contributed by atoms with Crippen LogP contribution in [0.1, 0.15) is 23.2 Å². The van der Waals surface area contributed by atoms with Gasteiger partial charge in [0.25, 0.3) is 5.91 Å². The van der Waals surface area contributed by atoms with Crippen molar-refractivity contribution in [2.45, 2.75) is 23.2 Å². The Morgan fingerprint density at radius 2 is 2.04 bits per heavy atom. The Labute approximate surface area is 173 Å². The maximum absolute atomic E-state index is 12.4. The molecule has 3 aromatic rings. The first-order chi connectivity index (χ1) is 13.1. The minimum Gasteiger partial charge on any atom is -0.353 e. The summed E-state index contributed by atoms with van der Waals surface area (Å²) in [6.07, 6.45) is 2.18. The van der Waals surface area contributed by atoms with E-state index in [9.17, 15) is 9.59 Å². The second-order valence-corrected chi connectivity index (χ2v) is 9.33. The smallest absolute Gasteiger partial charge is 0.256 e. The Bertz CT molecular complexity index is 1020. The number of halogens is 1. The van der Waals surface area contributed by atoms with Crippen LogP contribution < -0.4 is 10.6 Å². The lowest BCUT2D eigenvalue weighted by atomic mass is 10.2. The molecule has 1 saturated carbocycles. The fourth-order valence-corrected chi connectivity index (χ4v) is 4.89. The molecule has 0 atom stereocenters. The third-order valence-electron chi connectivity index (χ3n) is 4.01. The summed E-state index contributed by atoms with van der Waals surface area (Å²) in [4.78, 5) is 28.8. The lowest BCUT2D eigenvalue weighted by Gasteiger charge is -2.06. The number of aromatic nitrogens is 1. The van der Waals surface area contributed by atoms with Crippen LogP contribution in [0, 0.1) is 0 Å². The van der Waals surface area contributed by atoms with Crippen LogP contribution in [-0.4, -0.2) is 28.6 Å². The van der Waals surface area contributed by atoms with Crippen molar-refractivity contribution in [3.63, 3.8) is 0 Å². The van der Waals surface area contributed by atoms with Crippen LogP contribution in [0.25, 0.3) is 10.2 Å². The Morgan fingerprint density at radius 3 is 2.81 bits per heavy atom. The highest BCUT2D eigenvalue weighted by Gasteiger charge is 2.23. The van der Waals surface area contributed by atoms with Crippen molar-refractivity contribution in [1.82, 2.24) is 10.3 Å². The first kappa shape index (κ1) is 18.5. The number of carbonyl (C=O) groups excluding carboxylic acids is 2. The number of nitrogens with one attached hydrogen (secondary N) is 2. The number of thiazole rings is 1. The topological polar surface area (TPSA) is 71.1 Å². The largest absolute Gasteiger partial charge is 0.353 e. The average Bonchev–Trinajstić information content (AvgIpc) is 3.36. The molecule has 1 heterocycles. The van der Waals surface area contributed by atoms with E-state index >= 15 is 0 Å². The first-order valence-electron chi connectivity index (χ1n) is 8.47. The van der Waals surface area contributed by atoms with Crippen molar-refractivity contribution in [1.29, 1.82) is 0 Å². The lowest BCUT2D eigenvalue weighted by molar-refractivity contribution is -0.118. The van der Waals surface area contributed by atoms with Crippen LogP contribution in [0.5, 0.6) is 0 Å². The summed E-state index contributed by atoms with van der Waals surface area (Å²) in [5.41, 5.74) is 2.17. The minimum atomic E-state index is -0.169. The molecule has 8 heteroatoms. The SMILES string of the molecule is O=C(CSc1nc2ccc(NC(=O)c3ccccc3Br)cc2s1)NC1CC1. The quantitative estimate of drug-likeness (QED) is 0.522. The molecule has 27 heavy (non-hydrogen) atoms. The highest BCUT2D eigenvalue weighted by molar-refractivity contribution is 9.10. The second-order valence-electron chi connectivity index (χ2n) is 6.23. The molecule has 2 aromatic carbocycles. The van der Waals surface area contributed by atoms with Gasteiger partial charge < -0.3 is 10.6 Å². The lowest BCUT2D eigenvalue weighted by Crippen LogP contribution is -2.26. The van der Waals surface area contributed by atoms with Gasteiger partial charge >= 0.3 is 0 Å². The van der Waals surface area contributed by atoms with E-state index in [1.807, 2.05) is 36.4 Å². The highest BCUT2D eigenvalue weighted by atomic mass is 79.9. The monoisotopic (exact) mass is 461 g/mol. The van der Waals surface area contributed by atoms with Crippen LogP contribution in [0.3, 0.4) is 0 Å². The van der Waals surface area contributed by atoms with Gasteiger partial charge in [-0.05, 0) is 59.1 Å². The van der Waals surface area contributed by atoms with Crippen LogP contribution in [0.2, 0.25) is 0 Å². The fraction of sp³-hybridized carbons (Fsp3) is 0.211. The summed E-state index contributed by atoms with van der Waals surface area (Å²) in [5, 5.41) is 5.89. The summed E-state index contributed by atoms with van der Waals surface area (Å²) < 4.78 is 2.58. The molecule has 138 valence electrons. The number of thioether (sulfide) groups is 1. The van der Waals surface area contributed by atoms with E-state index in [4.69, 9.17) is 0 Å². The van der Waals surface area contributed by atoms with Gasteiger partial charge in [0.05, 0.1) is 21.5 Å². The van der Waals surface area contributed by atoms with Crippen molar-refractivity contribution >= 4 is 66.7 Å². The zero-order valence-electron chi connectivity index (χ0n) is 14.2. The Morgan fingerprint density at radius 1 is 1.22 bits per heavy atom. The Hall–Kier alpha value is -1.90. The number of hydrogen-bond donors (Lipinski definition) is 2. The molecule has 5 nitrogen and oxygen atoms in total. The molecule has 4 rings (SSSR count). The van der Waals surface area contributed by atoms with Crippen LogP contribution in [0.15, 0.2) is 51.3 Å². The van der Waals surface area contributed by atoms with E-state index in [0.717, 1.165) is 37.6 Å². The number of hydrogen-bond acceptors (Lipinski definition) is 5. The molecular weight excluding hydrogens is 446 g/mol. The summed E-state index contributed by atoms with van der Waals surface area (Å²) in [7, 11) is 0. The van der Waals surface area contributed by atoms with Gasteiger partial charge in [-0.15, -0.1) is 11.3 Å². The van der Waals surface area contributed by atoms with Gasteiger partial charge in [-0.2, -0.15) is 0 Å². The van der Waals surface area contributed by atoms with Gasteiger partial charge in [0.2, 0.25) is 5.91 Å². The number of amides is 2. The zero-order valence-corrected chi connectivity index (χ0v) is 17.4. The van der Waals surface area contributed by atoms with E-state index in [1.165, 1.54) is 23.1 Å². The molecule has 0 aliphatic heterocycles. The van der Waals surface area contributed by atoms with Crippen molar-refractivity contribution < 1.29 is 9.59 Å². The molecule has 0 bridgehead atoms. The Kier molecular flexibility index (Phi) is 5.47. The summed E-state index contributed by atoms with van der Waals surface area (Å²) >= 11 is 6.37. The predicted octanol–water partition coefficient (Wildman–Crippen LogP) is 4.68. The molecule has 0 radical (unpaired) electrons. The van der Waals surface area contributed by atoms with E-state index in [1.54, 1.807) is 6.07 Å². The summed E-state index contributed by atoms with van der Waals surface area (Å²) in [6.45, 7) is 0. The van der Waals surface area contributed by atoms with Crippen molar-refractivity contribution in [3.8, 4) is 0 Å². The van der Waals surface area contributed by atoms with Gasteiger partial charge in [0, 0.05) is 16.2 Å². The maximum atomic E-state index is 12.4. The third-order valence-corrected chi connectivity index (χ3v) is 6.87. The first-order valence-corrected chi connectivity index (χ1v) is 11.1. The second kappa shape index (κ2) is 8.00. The standard InChI is InChI=1S/C19H16BrN3O2S2/c20-14-4-2-1-3-13(14)18(25)22-12-7-8-15-16(9-12)27-19(23-15)26-10-17(24)21-11-5-6-11/h1-4,7-9,11H,5-6,10H2,(H,21,24)(H,22,25). The third kappa shape index (κ3) is 4.69. The molecule has 1 aromatic heterocycles. The maximum Gasteiger partial charge on any atom is 0.256 e. The average molecular weight is 462 g/mol. The molecule has 1 aliphatic rings. The fourth-order valence-electron chi connectivity index (χ4n) is 2.51. The molecule has 0 spiro atoms. The van der Waals surface area contributed by atoms with Gasteiger partial charge in [-0.1, -0.05) is 23.9 Å². The number of nitrogens with zero attached hydrogens (tertiary/aromatic N) is 1. The van der Waals surface area contributed by atoms with E-state index < -0.39 is 0 Å². The highest BCUT2D eigenvalue weighted by Crippen LogP contribution is 2.31. The van der Waals surface area contributed by atoms with E-state index in [0.29, 0.717) is 17.4 Å². The normalized spacial score (nSPS) is 13.5.